The van der Waals surface area contributed by atoms with Crippen LogP contribution in [0.1, 0.15) is 39.5 Å². The molecule has 2 saturated heterocycles. The monoisotopic (exact) mass is 568 g/mol. The van der Waals surface area contributed by atoms with E-state index in [2.05, 4.69) is 0 Å². The van der Waals surface area contributed by atoms with Gasteiger partial charge >= 0.3 is 17.9 Å². The molecule has 0 spiro atoms. The Hall–Kier alpha value is -2.39. The number of hydrogen-bond donors (Lipinski definition) is 5. The molecule has 0 aromatic rings. The minimum atomic E-state index is -1.68. The van der Waals surface area contributed by atoms with E-state index in [1.807, 2.05) is 13.8 Å². The number of allylic oxidation sites excluding steroid dienone is 1. The topological polar surface area (TPSA) is 199 Å². The van der Waals surface area contributed by atoms with E-state index in [1.165, 1.54) is 13.2 Å². The molecule has 0 bridgehead atoms. The van der Waals surface area contributed by atoms with E-state index in [-0.39, 0.29) is 24.3 Å². The SMILES string of the molecule is COC(=O)C1=CCC[C@H]2[C@]3(C)C[C@@H](C4=CC(O)OC4=O)OC(=O)[C@@H]3C[C@@H](O[C@@H]3O[C@H](CO)[C@@H](O)[C@H](O)[C@H]3O)[C@@]12C. The number of carbonyl (C=O) groups excluding carboxylic acids is 3. The summed E-state index contributed by atoms with van der Waals surface area (Å²) in [5.41, 5.74) is -1.50. The Morgan fingerprint density at radius 1 is 1.10 bits per heavy atom. The van der Waals surface area contributed by atoms with Gasteiger partial charge in [0.15, 0.2) is 6.29 Å². The average molecular weight is 569 g/mol. The van der Waals surface area contributed by atoms with Crippen molar-refractivity contribution >= 4 is 17.9 Å². The van der Waals surface area contributed by atoms with E-state index in [9.17, 15) is 39.9 Å². The molecule has 3 fully saturated rings. The second kappa shape index (κ2) is 10.5. The van der Waals surface area contributed by atoms with Crippen molar-refractivity contribution in [2.45, 2.75) is 88.7 Å². The lowest BCUT2D eigenvalue weighted by molar-refractivity contribution is -0.328. The third-order valence-corrected chi connectivity index (χ3v) is 9.67. The van der Waals surface area contributed by atoms with Gasteiger partial charge in [-0.1, -0.05) is 19.9 Å². The van der Waals surface area contributed by atoms with Gasteiger partial charge in [0.2, 0.25) is 6.29 Å². The fourth-order valence-corrected chi connectivity index (χ4v) is 7.60. The molecule has 1 saturated carbocycles. The van der Waals surface area contributed by atoms with Crippen LogP contribution in [0.4, 0.5) is 0 Å². The first-order valence-corrected chi connectivity index (χ1v) is 13.4. The summed E-state index contributed by atoms with van der Waals surface area (Å²) in [4.78, 5) is 39.0. The minimum Gasteiger partial charge on any atom is -0.466 e. The highest BCUT2D eigenvalue weighted by Gasteiger charge is 2.66. The smallest absolute Gasteiger partial charge is 0.340 e. The first kappa shape index (κ1) is 29.1. The molecular formula is C27H36O13. The van der Waals surface area contributed by atoms with Gasteiger partial charge in [0.05, 0.1) is 31.3 Å². The Morgan fingerprint density at radius 2 is 1.82 bits per heavy atom. The number of aliphatic hydroxyl groups is 5. The number of ether oxygens (including phenoxy) is 5. The lowest BCUT2D eigenvalue weighted by atomic mass is 9.44. The van der Waals surface area contributed by atoms with Crippen LogP contribution in [0.3, 0.4) is 0 Å². The molecule has 0 radical (unpaired) electrons. The first-order valence-electron chi connectivity index (χ1n) is 13.4. The summed E-state index contributed by atoms with van der Waals surface area (Å²) in [5, 5.41) is 50.6. The molecule has 12 atom stereocenters. The fraction of sp³-hybridized carbons (Fsp3) is 0.741. The molecule has 5 aliphatic rings. The van der Waals surface area contributed by atoms with Gasteiger partial charge in [-0.3, -0.25) is 4.79 Å². The summed E-state index contributed by atoms with van der Waals surface area (Å²) >= 11 is 0. The van der Waals surface area contributed by atoms with Crippen molar-refractivity contribution in [3.63, 3.8) is 0 Å². The Kier molecular flexibility index (Phi) is 7.62. The summed E-state index contributed by atoms with van der Waals surface area (Å²) in [6, 6.07) is 0. The van der Waals surface area contributed by atoms with Gasteiger partial charge in [-0.15, -0.1) is 0 Å². The van der Waals surface area contributed by atoms with Crippen LogP contribution < -0.4 is 0 Å². The fourth-order valence-electron chi connectivity index (χ4n) is 7.60. The minimum absolute atomic E-state index is 0.0323. The maximum atomic E-state index is 13.5. The summed E-state index contributed by atoms with van der Waals surface area (Å²) in [5.74, 6) is -3.07. The van der Waals surface area contributed by atoms with Gasteiger partial charge < -0.3 is 49.2 Å². The van der Waals surface area contributed by atoms with Gasteiger partial charge in [-0.05, 0) is 43.1 Å². The van der Waals surface area contributed by atoms with E-state index in [4.69, 9.17) is 23.7 Å². The lowest BCUT2D eigenvalue weighted by Crippen LogP contribution is -2.65. The summed E-state index contributed by atoms with van der Waals surface area (Å²) in [6.07, 6.45) is -6.67. The highest BCUT2D eigenvalue weighted by molar-refractivity contribution is 5.93. The normalized spacial score (nSPS) is 46.8. The summed E-state index contributed by atoms with van der Waals surface area (Å²) in [7, 11) is 1.26. The highest BCUT2D eigenvalue weighted by Crippen LogP contribution is 2.65. The zero-order valence-corrected chi connectivity index (χ0v) is 22.5. The van der Waals surface area contributed by atoms with Crippen LogP contribution in [0.15, 0.2) is 23.3 Å². The van der Waals surface area contributed by atoms with Crippen molar-refractivity contribution < 1.29 is 63.6 Å². The second-order valence-electron chi connectivity index (χ2n) is 11.7. The van der Waals surface area contributed by atoms with Gasteiger partial charge in [0.1, 0.15) is 30.5 Å². The van der Waals surface area contributed by atoms with Crippen LogP contribution in [0, 0.1) is 22.7 Å². The van der Waals surface area contributed by atoms with Gasteiger partial charge in [0, 0.05) is 11.0 Å². The molecule has 222 valence electrons. The standard InChI is InChI=1S/C27H36O13/c1-26-9-14(11-7-18(29)40-22(11)33)37-24(35)13(26)8-17(27(2)12(23(34)36-3)5-4-6-16(26)27)39-25-21(32)20(31)19(30)15(10-28)38-25/h5,7,13-21,25,28-32H,4,6,8-10H2,1-3H3/t13-,14-,15+,16-,17+,18?,19+,20-,21+,25-,26+,27-/m0/s1. The number of cyclic esters (lactones) is 2. The number of fused-ring (bicyclic) bond motifs is 3. The molecule has 40 heavy (non-hydrogen) atoms. The van der Waals surface area contributed by atoms with E-state index >= 15 is 0 Å². The van der Waals surface area contributed by atoms with Crippen molar-refractivity contribution in [3.05, 3.63) is 23.3 Å². The number of rotatable bonds is 5. The van der Waals surface area contributed by atoms with E-state index in [0.717, 1.165) is 0 Å². The number of esters is 3. The molecule has 2 aliphatic carbocycles. The highest BCUT2D eigenvalue weighted by atomic mass is 16.7. The number of carbonyl (C=O) groups is 3. The van der Waals surface area contributed by atoms with Crippen LogP contribution in [0.25, 0.3) is 0 Å². The molecule has 13 nitrogen and oxygen atoms in total. The predicted octanol–water partition coefficient (Wildman–Crippen LogP) is -1.17. The van der Waals surface area contributed by atoms with Crippen LogP contribution in [-0.2, 0) is 38.1 Å². The molecule has 1 unspecified atom stereocenters. The van der Waals surface area contributed by atoms with Crippen LogP contribution in [0.2, 0.25) is 0 Å². The van der Waals surface area contributed by atoms with Crippen LogP contribution in [0.5, 0.6) is 0 Å². The van der Waals surface area contributed by atoms with Crippen molar-refractivity contribution in [2.24, 2.45) is 22.7 Å². The average Bonchev–Trinajstić information content (AvgIpc) is 3.26. The number of aliphatic hydroxyl groups excluding tert-OH is 5. The summed E-state index contributed by atoms with van der Waals surface area (Å²) < 4.78 is 27.5. The molecule has 0 aromatic carbocycles. The molecule has 0 amide bonds. The molecule has 3 heterocycles. The second-order valence-corrected chi connectivity index (χ2v) is 11.7. The van der Waals surface area contributed by atoms with Crippen molar-refractivity contribution in [2.75, 3.05) is 13.7 Å². The maximum absolute atomic E-state index is 13.5. The van der Waals surface area contributed by atoms with Crippen molar-refractivity contribution in [1.82, 2.24) is 0 Å². The van der Waals surface area contributed by atoms with E-state index < -0.39 is 90.5 Å². The molecule has 13 heteroatoms. The first-order chi connectivity index (χ1) is 18.9. The Bertz CT molecular complexity index is 1120. The predicted molar refractivity (Wildman–Crippen MR) is 130 cm³/mol. The van der Waals surface area contributed by atoms with Crippen LogP contribution >= 0.6 is 0 Å². The van der Waals surface area contributed by atoms with Crippen molar-refractivity contribution in [1.29, 1.82) is 0 Å². The quantitative estimate of drug-likeness (QED) is 0.197. The van der Waals surface area contributed by atoms with E-state index in [1.54, 1.807) is 6.08 Å². The van der Waals surface area contributed by atoms with Crippen molar-refractivity contribution in [3.8, 4) is 0 Å². The van der Waals surface area contributed by atoms with E-state index in [0.29, 0.717) is 18.4 Å². The zero-order valence-electron chi connectivity index (χ0n) is 22.5. The largest absolute Gasteiger partial charge is 0.466 e. The van der Waals surface area contributed by atoms with Crippen LogP contribution in [-0.4, -0.2) is 106 Å². The molecule has 0 aromatic heterocycles. The van der Waals surface area contributed by atoms with Gasteiger partial charge in [0.25, 0.3) is 0 Å². The lowest BCUT2D eigenvalue weighted by Gasteiger charge is -2.62. The van der Waals surface area contributed by atoms with Gasteiger partial charge in [-0.25, -0.2) is 9.59 Å². The third-order valence-electron chi connectivity index (χ3n) is 9.67. The Morgan fingerprint density at radius 3 is 2.45 bits per heavy atom. The molecule has 5 N–H and O–H groups in total. The Labute approximate surface area is 230 Å². The summed E-state index contributed by atoms with van der Waals surface area (Å²) in [6.45, 7) is 3.08. The molecule has 3 aliphatic heterocycles. The molecule has 5 rings (SSSR count). The molecular weight excluding hydrogens is 532 g/mol. The third kappa shape index (κ3) is 4.39. The zero-order chi connectivity index (χ0) is 29.1. The Balaban J connectivity index is 1.53. The maximum Gasteiger partial charge on any atom is 0.340 e. The van der Waals surface area contributed by atoms with Gasteiger partial charge in [-0.2, -0.15) is 0 Å². The number of hydrogen-bond acceptors (Lipinski definition) is 13. The number of methoxy groups -OCH3 is 1.